The summed E-state index contributed by atoms with van der Waals surface area (Å²) in [5.41, 5.74) is 7.78. The van der Waals surface area contributed by atoms with Crippen LogP contribution in [0.4, 0.5) is 0 Å². The Morgan fingerprint density at radius 1 is 0.947 bits per heavy atom. The average Bonchev–Trinajstić information content (AvgIpc) is 2.38. The van der Waals surface area contributed by atoms with E-state index in [0.717, 1.165) is 11.8 Å². The van der Waals surface area contributed by atoms with Crippen molar-refractivity contribution in [3.63, 3.8) is 0 Å². The second kappa shape index (κ2) is 5.18. The zero-order valence-corrected chi connectivity index (χ0v) is 12.4. The molecule has 0 atom stereocenters. The highest BCUT2D eigenvalue weighted by atomic mass is 35.5. The van der Waals surface area contributed by atoms with Crippen molar-refractivity contribution in [3.8, 4) is 11.1 Å². The van der Waals surface area contributed by atoms with Gasteiger partial charge in [0.2, 0.25) is 0 Å². The van der Waals surface area contributed by atoms with Crippen molar-refractivity contribution in [2.75, 3.05) is 0 Å². The zero-order valence-electron chi connectivity index (χ0n) is 11.7. The molecule has 0 aromatic heterocycles. The van der Waals surface area contributed by atoms with Crippen molar-refractivity contribution in [2.24, 2.45) is 0 Å². The van der Waals surface area contributed by atoms with E-state index >= 15 is 0 Å². The first-order chi connectivity index (χ1) is 8.95. The first-order valence-electron chi connectivity index (χ1n) is 6.28. The molecule has 0 radical (unpaired) electrons. The molecule has 0 saturated heterocycles. The van der Waals surface area contributed by atoms with Gasteiger partial charge in [0.15, 0.2) is 0 Å². The Hall–Kier alpha value is -1.60. The second-order valence-corrected chi connectivity index (χ2v) is 5.40. The molecule has 2 aromatic rings. The maximum Gasteiger partial charge on any atom is 0.150 e. The first kappa shape index (κ1) is 13.8. The van der Waals surface area contributed by atoms with Gasteiger partial charge >= 0.3 is 0 Å². The van der Waals surface area contributed by atoms with Gasteiger partial charge in [0.25, 0.3) is 0 Å². The number of rotatable bonds is 2. The zero-order chi connectivity index (χ0) is 14.2. The van der Waals surface area contributed by atoms with Gasteiger partial charge < -0.3 is 0 Å². The molecule has 19 heavy (non-hydrogen) atoms. The minimum Gasteiger partial charge on any atom is -0.298 e. The molecule has 2 rings (SSSR count). The number of aryl methyl sites for hydroxylation is 2. The van der Waals surface area contributed by atoms with Gasteiger partial charge in [0.05, 0.1) is 0 Å². The van der Waals surface area contributed by atoms with E-state index < -0.39 is 0 Å². The van der Waals surface area contributed by atoms with Crippen LogP contribution < -0.4 is 0 Å². The largest absolute Gasteiger partial charge is 0.298 e. The topological polar surface area (TPSA) is 17.1 Å². The number of carbonyl (C=O) groups excluding carboxylic acids is 1. The lowest BCUT2D eigenvalue weighted by molar-refractivity contribution is 0.112. The van der Waals surface area contributed by atoms with Gasteiger partial charge in [-0.05, 0) is 61.6 Å². The van der Waals surface area contributed by atoms with Gasteiger partial charge in [-0.1, -0.05) is 29.8 Å². The summed E-state index contributed by atoms with van der Waals surface area (Å²) in [7, 11) is 0. The van der Waals surface area contributed by atoms with Crippen LogP contribution >= 0.6 is 11.6 Å². The smallest absolute Gasteiger partial charge is 0.150 e. The van der Waals surface area contributed by atoms with E-state index in [1.807, 2.05) is 12.1 Å². The van der Waals surface area contributed by atoms with Gasteiger partial charge in [0.1, 0.15) is 6.29 Å². The van der Waals surface area contributed by atoms with Gasteiger partial charge in [-0.2, -0.15) is 0 Å². The van der Waals surface area contributed by atoms with Crippen LogP contribution in [0.5, 0.6) is 0 Å². The Balaban J connectivity index is 2.75. The normalized spacial score (nSPS) is 10.6. The van der Waals surface area contributed by atoms with Crippen molar-refractivity contribution >= 4 is 17.9 Å². The maximum atomic E-state index is 10.8. The highest BCUT2D eigenvalue weighted by Gasteiger charge is 2.13. The van der Waals surface area contributed by atoms with Crippen molar-refractivity contribution in [1.29, 1.82) is 0 Å². The third-order valence-corrected chi connectivity index (χ3v) is 4.08. The summed E-state index contributed by atoms with van der Waals surface area (Å²) in [5.74, 6) is 0. The molecule has 0 aliphatic rings. The summed E-state index contributed by atoms with van der Waals surface area (Å²) in [5, 5.41) is 0.626. The highest BCUT2D eigenvalue weighted by Crippen LogP contribution is 2.36. The fourth-order valence-corrected chi connectivity index (χ4v) is 2.71. The number of benzene rings is 2. The number of aldehydes is 1. The molecule has 0 saturated carbocycles. The van der Waals surface area contributed by atoms with Crippen molar-refractivity contribution < 1.29 is 4.79 Å². The summed E-state index contributed by atoms with van der Waals surface area (Å²) < 4.78 is 0. The van der Waals surface area contributed by atoms with E-state index in [-0.39, 0.29) is 0 Å². The standard InChI is InChI=1S/C17H17ClO/c1-10-7-11(2)13(4)17(12(10)3)15-6-5-14(9-19)8-16(15)18/h5-9H,1-4H3. The Bertz CT molecular complexity index is 631. The average molecular weight is 273 g/mol. The Morgan fingerprint density at radius 3 is 2.00 bits per heavy atom. The van der Waals surface area contributed by atoms with E-state index in [1.54, 1.807) is 6.07 Å². The van der Waals surface area contributed by atoms with E-state index in [9.17, 15) is 4.79 Å². The molecule has 0 unspecified atom stereocenters. The molecule has 0 N–H and O–H groups in total. The van der Waals surface area contributed by atoms with Gasteiger partial charge in [-0.3, -0.25) is 4.79 Å². The predicted molar refractivity (Wildman–Crippen MR) is 81.2 cm³/mol. The number of hydrogen-bond acceptors (Lipinski definition) is 1. The number of carbonyl (C=O) groups is 1. The SMILES string of the molecule is Cc1cc(C)c(C)c(-c2ccc(C=O)cc2Cl)c1C. The second-order valence-electron chi connectivity index (χ2n) is 4.99. The highest BCUT2D eigenvalue weighted by molar-refractivity contribution is 6.33. The van der Waals surface area contributed by atoms with Crippen LogP contribution in [0.3, 0.4) is 0 Å². The van der Waals surface area contributed by atoms with Crippen LogP contribution in [0.25, 0.3) is 11.1 Å². The van der Waals surface area contributed by atoms with Crippen LogP contribution in [-0.4, -0.2) is 6.29 Å². The van der Waals surface area contributed by atoms with Crippen molar-refractivity contribution in [1.82, 2.24) is 0 Å². The lowest BCUT2D eigenvalue weighted by Crippen LogP contribution is -1.96. The van der Waals surface area contributed by atoms with Gasteiger partial charge in [-0.15, -0.1) is 0 Å². The van der Waals surface area contributed by atoms with E-state index in [0.29, 0.717) is 10.6 Å². The molecule has 98 valence electrons. The molecule has 0 spiro atoms. The molecule has 1 nitrogen and oxygen atoms in total. The Labute approximate surface area is 119 Å². The first-order valence-corrected chi connectivity index (χ1v) is 6.66. The van der Waals surface area contributed by atoms with Crippen molar-refractivity contribution in [3.05, 3.63) is 57.1 Å². The third kappa shape index (κ3) is 2.43. The van der Waals surface area contributed by atoms with Crippen LogP contribution in [0.2, 0.25) is 5.02 Å². The fourth-order valence-electron chi connectivity index (χ4n) is 2.43. The monoisotopic (exact) mass is 272 g/mol. The summed E-state index contributed by atoms with van der Waals surface area (Å²) >= 11 is 6.33. The fraction of sp³-hybridized carbons (Fsp3) is 0.235. The molecule has 2 aromatic carbocycles. The number of halogens is 1. The summed E-state index contributed by atoms with van der Waals surface area (Å²) in [4.78, 5) is 10.8. The molecule has 0 amide bonds. The van der Waals surface area contributed by atoms with Gasteiger partial charge in [0, 0.05) is 16.1 Å². The lowest BCUT2D eigenvalue weighted by atomic mass is 9.89. The van der Waals surface area contributed by atoms with Gasteiger partial charge in [-0.25, -0.2) is 0 Å². The summed E-state index contributed by atoms with van der Waals surface area (Å²) in [6.07, 6.45) is 0.816. The summed E-state index contributed by atoms with van der Waals surface area (Å²) in [6, 6.07) is 7.66. The summed E-state index contributed by atoms with van der Waals surface area (Å²) in [6.45, 7) is 8.44. The quantitative estimate of drug-likeness (QED) is 0.699. The molecule has 0 aliphatic heterocycles. The molecule has 0 bridgehead atoms. The van der Waals surface area contributed by atoms with Crippen LogP contribution in [0, 0.1) is 27.7 Å². The van der Waals surface area contributed by atoms with Crippen molar-refractivity contribution in [2.45, 2.75) is 27.7 Å². The Morgan fingerprint density at radius 2 is 1.53 bits per heavy atom. The Kier molecular flexibility index (Phi) is 3.77. The lowest BCUT2D eigenvalue weighted by Gasteiger charge is -2.16. The molecular formula is C17H17ClO. The van der Waals surface area contributed by atoms with E-state index in [1.165, 1.54) is 27.8 Å². The minimum absolute atomic E-state index is 0.605. The molecule has 0 heterocycles. The molecule has 0 fully saturated rings. The number of hydrogen-bond donors (Lipinski definition) is 0. The van der Waals surface area contributed by atoms with Crippen LogP contribution in [-0.2, 0) is 0 Å². The van der Waals surface area contributed by atoms with E-state index in [2.05, 4.69) is 33.8 Å². The van der Waals surface area contributed by atoms with Crippen LogP contribution in [0.15, 0.2) is 24.3 Å². The minimum atomic E-state index is 0.605. The third-order valence-electron chi connectivity index (χ3n) is 3.76. The maximum absolute atomic E-state index is 10.8. The molecular weight excluding hydrogens is 256 g/mol. The molecule has 0 aliphatic carbocycles. The van der Waals surface area contributed by atoms with Crippen LogP contribution in [0.1, 0.15) is 32.6 Å². The molecule has 2 heteroatoms. The van der Waals surface area contributed by atoms with E-state index in [4.69, 9.17) is 11.6 Å². The predicted octanol–water partition coefficient (Wildman–Crippen LogP) is 5.05.